The third-order valence-corrected chi connectivity index (χ3v) is 3.80. The second-order valence-electron chi connectivity index (χ2n) is 5.32. The predicted octanol–water partition coefficient (Wildman–Crippen LogP) is 1.76. The number of fused-ring (bicyclic) bond motifs is 1. The summed E-state index contributed by atoms with van der Waals surface area (Å²) >= 11 is 0. The number of carbonyl (C=O) groups excluding carboxylic acids is 1. The SMILES string of the molecule is CCOCCCNC(=O)CCn1c(=O)n(CC)c2ccccc21. The Labute approximate surface area is 136 Å². The molecule has 0 radical (unpaired) electrons. The minimum Gasteiger partial charge on any atom is -0.382 e. The Morgan fingerprint density at radius 3 is 2.52 bits per heavy atom. The minimum absolute atomic E-state index is 0.0401. The van der Waals surface area contributed by atoms with Crippen LogP contribution in [0.4, 0.5) is 0 Å². The molecule has 1 amide bonds. The second kappa shape index (κ2) is 8.53. The molecule has 1 heterocycles. The molecule has 0 saturated carbocycles. The Morgan fingerprint density at radius 2 is 1.87 bits per heavy atom. The van der Waals surface area contributed by atoms with Gasteiger partial charge in [-0.1, -0.05) is 12.1 Å². The van der Waals surface area contributed by atoms with E-state index in [0.717, 1.165) is 17.5 Å². The van der Waals surface area contributed by atoms with Crippen molar-refractivity contribution in [3.05, 3.63) is 34.7 Å². The molecule has 2 aromatic rings. The van der Waals surface area contributed by atoms with Crippen LogP contribution in [0, 0.1) is 0 Å². The topological polar surface area (TPSA) is 65.3 Å². The normalized spacial score (nSPS) is 11.0. The van der Waals surface area contributed by atoms with E-state index in [4.69, 9.17) is 4.74 Å². The number of amides is 1. The molecule has 0 aliphatic carbocycles. The number of benzene rings is 1. The zero-order valence-electron chi connectivity index (χ0n) is 13.9. The average Bonchev–Trinajstić information content (AvgIpc) is 2.83. The van der Waals surface area contributed by atoms with Gasteiger partial charge in [0.2, 0.25) is 5.91 Å². The van der Waals surface area contributed by atoms with Crippen LogP contribution in [0.2, 0.25) is 0 Å². The molecule has 0 aliphatic rings. The molecule has 0 bridgehead atoms. The zero-order valence-corrected chi connectivity index (χ0v) is 13.9. The molecular formula is C17H25N3O3. The summed E-state index contributed by atoms with van der Waals surface area (Å²) in [5, 5.41) is 2.86. The molecule has 0 unspecified atom stereocenters. The molecule has 0 atom stereocenters. The van der Waals surface area contributed by atoms with Gasteiger partial charge in [-0.25, -0.2) is 4.79 Å². The highest BCUT2D eigenvalue weighted by molar-refractivity contribution is 5.77. The van der Waals surface area contributed by atoms with Gasteiger partial charge >= 0.3 is 5.69 Å². The number of aryl methyl sites for hydroxylation is 2. The van der Waals surface area contributed by atoms with E-state index < -0.39 is 0 Å². The lowest BCUT2D eigenvalue weighted by Crippen LogP contribution is -2.29. The largest absolute Gasteiger partial charge is 0.382 e. The fourth-order valence-corrected chi connectivity index (χ4v) is 2.64. The van der Waals surface area contributed by atoms with Gasteiger partial charge in [-0.3, -0.25) is 13.9 Å². The Balaban J connectivity index is 1.96. The van der Waals surface area contributed by atoms with Crippen molar-refractivity contribution in [3.63, 3.8) is 0 Å². The average molecular weight is 319 g/mol. The van der Waals surface area contributed by atoms with Crippen molar-refractivity contribution in [3.8, 4) is 0 Å². The first kappa shape index (κ1) is 17.3. The van der Waals surface area contributed by atoms with E-state index in [2.05, 4.69) is 5.32 Å². The van der Waals surface area contributed by atoms with Crippen LogP contribution in [0.1, 0.15) is 26.7 Å². The molecular weight excluding hydrogens is 294 g/mol. The Bertz CT molecular complexity index is 703. The number of rotatable bonds is 9. The summed E-state index contributed by atoms with van der Waals surface area (Å²) in [5.74, 6) is -0.0401. The maximum atomic E-state index is 12.4. The summed E-state index contributed by atoms with van der Waals surface area (Å²) in [6.07, 6.45) is 1.10. The molecule has 1 N–H and O–H groups in total. The van der Waals surface area contributed by atoms with Crippen LogP contribution >= 0.6 is 0 Å². The van der Waals surface area contributed by atoms with Gasteiger partial charge in [-0.2, -0.15) is 0 Å². The zero-order chi connectivity index (χ0) is 16.7. The monoisotopic (exact) mass is 319 g/mol. The summed E-state index contributed by atoms with van der Waals surface area (Å²) in [5.41, 5.74) is 1.73. The molecule has 0 aliphatic heterocycles. The van der Waals surface area contributed by atoms with E-state index in [-0.39, 0.29) is 11.6 Å². The highest BCUT2D eigenvalue weighted by Crippen LogP contribution is 2.12. The number of imidazole rings is 1. The lowest BCUT2D eigenvalue weighted by Gasteiger charge is -2.06. The number of ether oxygens (including phenoxy) is 1. The number of nitrogens with one attached hydrogen (secondary N) is 1. The standard InChI is InChI=1S/C17H25N3O3/c1-3-19-14-8-5-6-9-15(14)20(17(19)22)12-10-16(21)18-11-7-13-23-4-2/h5-6,8-9H,3-4,7,10-13H2,1-2H3,(H,18,21). The molecule has 23 heavy (non-hydrogen) atoms. The van der Waals surface area contributed by atoms with E-state index in [1.807, 2.05) is 38.1 Å². The van der Waals surface area contributed by atoms with Crippen molar-refractivity contribution in [2.45, 2.75) is 39.8 Å². The van der Waals surface area contributed by atoms with Crippen LogP contribution in [0.25, 0.3) is 11.0 Å². The van der Waals surface area contributed by atoms with Gasteiger partial charge in [0.1, 0.15) is 0 Å². The van der Waals surface area contributed by atoms with Crippen molar-refractivity contribution >= 4 is 16.9 Å². The van der Waals surface area contributed by atoms with Gasteiger partial charge in [0.15, 0.2) is 0 Å². The summed E-state index contributed by atoms with van der Waals surface area (Å²) < 4.78 is 8.63. The van der Waals surface area contributed by atoms with Crippen LogP contribution in [0.15, 0.2) is 29.1 Å². The summed E-state index contributed by atoms with van der Waals surface area (Å²) in [7, 11) is 0. The Kier molecular flexibility index (Phi) is 6.40. The molecule has 6 nitrogen and oxygen atoms in total. The lowest BCUT2D eigenvalue weighted by molar-refractivity contribution is -0.121. The molecule has 1 aromatic heterocycles. The van der Waals surface area contributed by atoms with Crippen LogP contribution in [-0.4, -0.2) is 34.8 Å². The number of aromatic nitrogens is 2. The molecule has 0 fully saturated rings. The van der Waals surface area contributed by atoms with Gasteiger partial charge in [0, 0.05) is 39.3 Å². The molecule has 126 valence electrons. The second-order valence-corrected chi connectivity index (χ2v) is 5.32. The molecule has 0 spiro atoms. The van der Waals surface area contributed by atoms with Crippen LogP contribution < -0.4 is 11.0 Å². The number of nitrogens with zero attached hydrogens (tertiary/aromatic N) is 2. The Hall–Kier alpha value is -2.08. The van der Waals surface area contributed by atoms with Crippen LogP contribution in [-0.2, 0) is 22.6 Å². The van der Waals surface area contributed by atoms with Gasteiger partial charge in [0.25, 0.3) is 0 Å². The third-order valence-electron chi connectivity index (χ3n) is 3.80. The summed E-state index contributed by atoms with van der Waals surface area (Å²) in [6.45, 7) is 6.86. The first-order valence-electron chi connectivity index (χ1n) is 8.21. The third kappa shape index (κ3) is 4.22. The van der Waals surface area contributed by atoms with E-state index in [1.165, 1.54) is 0 Å². The van der Waals surface area contributed by atoms with Gasteiger partial charge in [0.05, 0.1) is 11.0 Å². The van der Waals surface area contributed by atoms with Crippen molar-refractivity contribution in [1.29, 1.82) is 0 Å². The fraction of sp³-hybridized carbons (Fsp3) is 0.529. The minimum atomic E-state index is -0.0576. The van der Waals surface area contributed by atoms with Gasteiger partial charge in [-0.05, 0) is 32.4 Å². The van der Waals surface area contributed by atoms with Crippen LogP contribution in [0.5, 0.6) is 0 Å². The molecule has 6 heteroatoms. The van der Waals surface area contributed by atoms with E-state index >= 15 is 0 Å². The summed E-state index contributed by atoms with van der Waals surface area (Å²) in [4.78, 5) is 24.3. The first-order valence-corrected chi connectivity index (χ1v) is 8.21. The summed E-state index contributed by atoms with van der Waals surface area (Å²) in [6, 6.07) is 7.68. The smallest absolute Gasteiger partial charge is 0.329 e. The number of hydrogen-bond donors (Lipinski definition) is 1. The van der Waals surface area contributed by atoms with Gasteiger partial charge < -0.3 is 10.1 Å². The first-order chi connectivity index (χ1) is 11.2. The molecule has 0 saturated heterocycles. The van der Waals surface area contributed by atoms with Crippen LogP contribution in [0.3, 0.4) is 0 Å². The Morgan fingerprint density at radius 1 is 1.17 bits per heavy atom. The highest BCUT2D eigenvalue weighted by Gasteiger charge is 2.12. The molecule has 2 rings (SSSR count). The van der Waals surface area contributed by atoms with E-state index in [1.54, 1.807) is 9.13 Å². The van der Waals surface area contributed by atoms with Gasteiger partial charge in [-0.15, -0.1) is 0 Å². The maximum absolute atomic E-state index is 12.4. The number of carbonyl (C=O) groups is 1. The predicted molar refractivity (Wildman–Crippen MR) is 90.6 cm³/mol. The highest BCUT2D eigenvalue weighted by atomic mass is 16.5. The fourth-order valence-electron chi connectivity index (χ4n) is 2.64. The van der Waals surface area contributed by atoms with Crippen molar-refractivity contribution in [1.82, 2.24) is 14.5 Å². The van der Waals surface area contributed by atoms with E-state index in [9.17, 15) is 9.59 Å². The quantitative estimate of drug-likeness (QED) is 0.716. The van der Waals surface area contributed by atoms with Crippen molar-refractivity contribution in [2.75, 3.05) is 19.8 Å². The van der Waals surface area contributed by atoms with E-state index in [0.29, 0.717) is 39.3 Å². The lowest BCUT2D eigenvalue weighted by atomic mass is 10.3. The number of hydrogen-bond acceptors (Lipinski definition) is 3. The molecule has 1 aromatic carbocycles. The number of para-hydroxylation sites is 2. The maximum Gasteiger partial charge on any atom is 0.329 e. The van der Waals surface area contributed by atoms with Crippen molar-refractivity contribution < 1.29 is 9.53 Å². The van der Waals surface area contributed by atoms with Crippen molar-refractivity contribution in [2.24, 2.45) is 0 Å².